The Morgan fingerprint density at radius 2 is 1.74 bits per heavy atom. The highest BCUT2D eigenvalue weighted by Crippen LogP contribution is 2.31. The molecule has 11 heteroatoms. The van der Waals surface area contributed by atoms with Gasteiger partial charge in [-0.1, -0.05) is 31.5 Å². The third-order valence-corrected chi connectivity index (χ3v) is 6.85. The molecule has 1 aliphatic heterocycles. The zero-order valence-electron chi connectivity index (χ0n) is 20.6. The van der Waals surface area contributed by atoms with Crippen LogP contribution in [0, 0.1) is 18.8 Å². The summed E-state index contributed by atoms with van der Waals surface area (Å²) in [4.78, 5) is 39.8. The monoisotopic (exact) mass is 498 g/mol. The molecule has 10 nitrogen and oxygen atoms in total. The van der Waals surface area contributed by atoms with Crippen LogP contribution in [0.25, 0.3) is 0 Å². The summed E-state index contributed by atoms with van der Waals surface area (Å²) in [7, 11) is -2.76. The molecule has 1 aromatic rings. The van der Waals surface area contributed by atoms with E-state index in [0.717, 1.165) is 10.5 Å². The van der Waals surface area contributed by atoms with Crippen LogP contribution >= 0.6 is 0 Å². The Labute approximate surface area is 200 Å². The van der Waals surface area contributed by atoms with Gasteiger partial charge in [-0.15, -0.1) is 0 Å². The first-order valence-electron chi connectivity index (χ1n) is 11.0. The van der Waals surface area contributed by atoms with E-state index in [4.69, 9.17) is 8.92 Å². The van der Waals surface area contributed by atoms with Crippen molar-refractivity contribution in [2.24, 2.45) is 11.8 Å². The Bertz CT molecular complexity index is 1010. The molecule has 0 spiro atoms. The van der Waals surface area contributed by atoms with Gasteiger partial charge in [-0.3, -0.25) is 8.98 Å². The summed E-state index contributed by atoms with van der Waals surface area (Å²) in [5, 5.41) is 9.54. The lowest BCUT2D eigenvalue weighted by molar-refractivity contribution is -0.158. The minimum Gasteiger partial charge on any atom is -0.480 e. The second-order valence-corrected chi connectivity index (χ2v) is 11.4. The number of amides is 2. The van der Waals surface area contributed by atoms with E-state index in [0.29, 0.717) is 0 Å². The standard InChI is InChI=1S/C23H34N2O8S/c1-14(2)19(21(27)28)24(7)20(26)17-12-25(22(29)33-23(4,5)6)18(17)13-32-34(30,31)16-10-8-15(3)9-11-16/h8-11,14,17-19H,12-13H2,1-7H3,(H,27,28)/t17-,18+,19-/m0/s1. The highest BCUT2D eigenvalue weighted by atomic mass is 32.2. The minimum absolute atomic E-state index is 0.0405. The van der Waals surface area contributed by atoms with E-state index >= 15 is 0 Å². The maximum Gasteiger partial charge on any atom is 0.410 e. The van der Waals surface area contributed by atoms with Crippen molar-refractivity contribution in [1.29, 1.82) is 0 Å². The van der Waals surface area contributed by atoms with E-state index in [9.17, 15) is 27.9 Å². The van der Waals surface area contributed by atoms with Crippen LogP contribution < -0.4 is 0 Å². The van der Waals surface area contributed by atoms with Crippen LogP contribution in [0.2, 0.25) is 0 Å². The van der Waals surface area contributed by atoms with Gasteiger partial charge in [0.05, 0.1) is 23.5 Å². The predicted octanol–water partition coefficient (Wildman–Crippen LogP) is 2.50. The van der Waals surface area contributed by atoms with Crippen molar-refractivity contribution in [1.82, 2.24) is 9.80 Å². The van der Waals surface area contributed by atoms with Crippen molar-refractivity contribution >= 4 is 28.1 Å². The molecule has 2 rings (SSSR count). The fraction of sp³-hybridized carbons (Fsp3) is 0.609. The highest BCUT2D eigenvalue weighted by molar-refractivity contribution is 7.86. The lowest BCUT2D eigenvalue weighted by atomic mass is 9.87. The summed E-state index contributed by atoms with van der Waals surface area (Å²) in [5.41, 5.74) is 0.0786. The second-order valence-electron chi connectivity index (χ2n) is 9.83. The topological polar surface area (TPSA) is 131 Å². The van der Waals surface area contributed by atoms with Gasteiger partial charge in [0.1, 0.15) is 11.6 Å². The summed E-state index contributed by atoms with van der Waals surface area (Å²) in [5.74, 6) is -2.86. The van der Waals surface area contributed by atoms with Gasteiger partial charge in [0, 0.05) is 13.6 Å². The van der Waals surface area contributed by atoms with Crippen molar-refractivity contribution in [3.63, 3.8) is 0 Å². The Hall–Kier alpha value is -2.66. The van der Waals surface area contributed by atoms with E-state index in [1.165, 1.54) is 24.1 Å². The predicted molar refractivity (Wildman–Crippen MR) is 124 cm³/mol. The Morgan fingerprint density at radius 1 is 1.18 bits per heavy atom. The van der Waals surface area contributed by atoms with Crippen molar-refractivity contribution in [2.75, 3.05) is 20.2 Å². The van der Waals surface area contributed by atoms with Crippen LogP contribution in [0.15, 0.2) is 29.2 Å². The van der Waals surface area contributed by atoms with Crippen molar-refractivity contribution < 1.29 is 36.8 Å². The zero-order valence-corrected chi connectivity index (χ0v) is 21.5. The van der Waals surface area contributed by atoms with Gasteiger partial charge in [-0.25, -0.2) is 9.59 Å². The smallest absolute Gasteiger partial charge is 0.410 e. The number of hydrogen-bond donors (Lipinski definition) is 1. The maximum absolute atomic E-state index is 13.2. The molecule has 1 aliphatic rings. The molecule has 0 radical (unpaired) electrons. The number of carbonyl (C=O) groups excluding carboxylic acids is 2. The molecule has 0 saturated carbocycles. The number of benzene rings is 1. The number of aryl methyl sites for hydroxylation is 1. The summed E-state index contributed by atoms with van der Waals surface area (Å²) < 4.78 is 35.9. The Morgan fingerprint density at radius 3 is 2.21 bits per heavy atom. The molecule has 0 aliphatic carbocycles. The van der Waals surface area contributed by atoms with Crippen LogP contribution in [0.1, 0.15) is 40.2 Å². The molecule has 1 saturated heterocycles. The average Bonchev–Trinajstić information content (AvgIpc) is 2.65. The molecular formula is C23H34N2O8S. The molecule has 1 N–H and O–H groups in total. The van der Waals surface area contributed by atoms with E-state index in [1.807, 2.05) is 6.92 Å². The molecule has 34 heavy (non-hydrogen) atoms. The first-order chi connectivity index (χ1) is 15.5. The molecular weight excluding hydrogens is 464 g/mol. The van der Waals surface area contributed by atoms with Gasteiger partial charge in [-0.05, 0) is 45.7 Å². The van der Waals surface area contributed by atoms with Gasteiger partial charge in [-0.2, -0.15) is 8.42 Å². The molecule has 1 aromatic carbocycles. The molecule has 2 amide bonds. The summed E-state index contributed by atoms with van der Waals surface area (Å²) in [6.07, 6.45) is -0.709. The molecule has 190 valence electrons. The van der Waals surface area contributed by atoms with Crippen molar-refractivity contribution in [3.05, 3.63) is 29.8 Å². The van der Waals surface area contributed by atoms with Crippen LogP contribution in [0.4, 0.5) is 4.79 Å². The van der Waals surface area contributed by atoms with E-state index < -0.39 is 58.3 Å². The van der Waals surface area contributed by atoms with Gasteiger partial charge >= 0.3 is 12.1 Å². The van der Waals surface area contributed by atoms with Gasteiger partial charge in [0.15, 0.2) is 0 Å². The molecule has 0 unspecified atom stereocenters. The zero-order chi connectivity index (χ0) is 26.0. The SMILES string of the molecule is Cc1ccc(S(=O)(=O)OC[C@@H]2[C@@H](C(=O)N(C)[C@H](C(=O)O)C(C)C)CN2C(=O)OC(C)(C)C)cc1. The quantitative estimate of drug-likeness (QED) is 0.541. The third-order valence-electron chi connectivity index (χ3n) is 5.56. The van der Waals surface area contributed by atoms with Crippen LogP contribution in [-0.2, 0) is 28.6 Å². The highest BCUT2D eigenvalue weighted by Gasteiger charge is 2.50. The number of aliphatic carboxylic acids is 1. The number of carbonyl (C=O) groups is 3. The van der Waals surface area contributed by atoms with Gasteiger partial charge < -0.3 is 19.6 Å². The summed E-state index contributed by atoms with van der Waals surface area (Å²) in [6.45, 7) is 9.74. The van der Waals surface area contributed by atoms with Gasteiger partial charge in [0.2, 0.25) is 5.91 Å². The summed E-state index contributed by atoms with van der Waals surface area (Å²) in [6, 6.07) is 4.08. The largest absolute Gasteiger partial charge is 0.480 e. The number of ether oxygens (including phenoxy) is 1. The number of likely N-dealkylation sites (tertiary alicyclic amines) is 1. The first kappa shape index (κ1) is 27.6. The normalized spacial score (nSPS) is 19.4. The second kappa shape index (κ2) is 10.3. The maximum atomic E-state index is 13.2. The Kier molecular flexibility index (Phi) is 8.36. The number of carboxylic acids is 1. The molecule has 1 fully saturated rings. The van der Waals surface area contributed by atoms with E-state index in [2.05, 4.69) is 0 Å². The van der Waals surface area contributed by atoms with Crippen LogP contribution in [0.5, 0.6) is 0 Å². The summed E-state index contributed by atoms with van der Waals surface area (Å²) >= 11 is 0. The molecule has 0 bridgehead atoms. The lowest BCUT2D eigenvalue weighted by Gasteiger charge is -2.48. The average molecular weight is 499 g/mol. The Balaban J connectivity index is 2.25. The first-order valence-corrected chi connectivity index (χ1v) is 12.4. The van der Waals surface area contributed by atoms with Crippen molar-refractivity contribution in [2.45, 2.75) is 64.1 Å². The van der Waals surface area contributed by atoms with Gasteiger partial charge in [0.25, 0.3) is 10.1 Å². The fourth-order valence-corrected chi connectivity index (χ4v) is 4.68. The third kappa shape index (κ3) is 6.47. The van der Waals surface area contributed by atoms with Crippen LogP contribution in [-0.4, -0.2) is 79.2 Å². The molecule has 1 heterocycles. The van der Waals surface area contributed by atoms with Crippen LogP contribution in [0.3, 0.4) is 0 Å². The number of nitrogens with zero attached hydrogens (tertiary/aromatic N) is 2. The molecule has 0 aromatic heterocycles. The number of rotatable bonds is 8. The van der Waals surface area contributed by atoms with E-state index in [1.54, 1.807) is 46.8 Å². The van der Waals surface area contributed by atoms with Crippen molar-refractivity contribution in [3.8, 4) is 0 Å². The van der Waals surface area contributed by atoms with E-state index in [-0.39, 0.29) is 17.4 Å². The number of hydrogen-bond acceptors (Lipinski definition) is 7. The number of carboxylic acid groups (broad SMARTS) is 1. The fourth-order valence-electron chi connectivity index (χ4n) is 3.76. The lowest BCUT2D eigenvalue weighted by Crippen LogP contribution is -2.66. The minimum atomic E-state index is -4.14. The molecule has 3 atom stereocenters. The number of likely N-dealkylation sites (N-methyl/N-ethyl adjacent to an activating group) is 1.